The molecule has 0 aliphatic carbocycles. The number of aromatic nitrogens is 1. The molecule has 0 saturated heterocycles. The van der Waals surface area contributed by atoms with Crippen LogP contribution in [0.15, 0.2) is 53.9 Å². The summed E-state index contributed by atoms with van der Waals surface area (Å²) in [6, 6.07) is 14.2. The van der Waals surface area contributed by atoms with Gasteiger partial charge in [0.2, 0.25) is 0 Å². The minimum Gasteiger partial charge on any atom is -0.465 e. The van der Waals surface area contributed by atoms with E-state index < -0.39 is 5.97 Å². The summed E-state index contributed by atoms with van der Waals surface area (Å²) in [5.74, 6) is -0.821. The van der Waals surface area contributed by atoms with E-state index in [-0.39, 0.29) is 5.91 Å². The molecule has 0 spiro atoms. The second-order valence-electron chi connectivity index (χ2n) is 5.30. The van der Waals surface area contributed by atoms with E-state index in [1.807, 2.05) is 23.6 Å². The minimum absolute atomic E-state index is 0.305. The number of anilines is 1. The number of hydrogen-bond donors (Lipinski definition) is 1. The standard InChI is InChI=1S/C19H16N2O3S/c1-12-13(9-10-16(20-12)17-8-5-11-25-17)18(22)21-15-7-4-3-6-14(15)19(23)24-2/h3-11H,1-2H3,(H,21,22). The summed E-state index contributed by atoms with van der Waals surface area (Å²) in [5.41, 5.74) is 2.62. The second-order valence-corrected chi connectivity index (χ2v) is 6.25. The molecule has 2 heterocycles. The van der Waals surface area contributed by atoms with Crippen LogP contribution in [0.2, 0.25) is 0 Å². The monoisotopic (exact) mass is 352 g/mol. The van der Waals surface area contributed by atoms with Crippen LogP contribution in [-0.2, 0) is 4.74 Å². The van der Waals surface area contributed by atoms with Gasteiger partial charge in [-0.2, -0.15) is 0 Å². The molecule has 126 valence electrons. The highest BCUT2D eigenvalue weighted by molar-refractivity contribution is 7.13. The molecule has 5 nitrogen and oxygen atoms in total. The lowest BCUT2D eigenvalue weighted by molar-refractivity contribution is 0.0602. The van der Waals surface area contributed by atoms with E-state index in [1.165, 1.54) is 7.11 Å². The molecule has 0 atom stereocenters. The number of ether oxygens (including phenoxy) is 1. The Morgan fingerprint density at radius 1 is 1.04 bits per heavy atom. The number of esters is 1. The molecule has 3 aromatic rings. The average molecular weight is 352 g/mol. The molecule has 3 rings (SSSR count). The van der Waals surface area contributed by atoms with E-state index in [2.05, 4.69) is 10.3 Å². The molecule has 25 heavy (non-hydrogen) atoms. The summed E-state index contributed by atoms with van der Waals surface area (Å²) in [6.07, 6.45) is 0. The van der Waals surface area contributed by atoms with Crippen molar-refractivity contribution >= 4 is 28.9 Å². The highest BCUT2D eigenvalue weighted by Crippen LogP contribution is 2.24. The van der Waals surface area contributed by atoms with Crippen LogP contribution in [-0.4, -0.2) is 24.0 Å². The minimum atomic E-state index is -0.501. The topological polar surface area (TPSA) is 68.3 Å². The van der Waals surface area contributed by atoms with Gasteiger partial charge in [-0.3, -0.25) is 9.78 Å². The van der Waals surface area contributed by atoms with E-state index in [1.54, 1.807) is 48.6 Å². The number of aryl methyl sites for hydroxylation is 1. The summed E-state index contributed by atoms with van der Waals surface area (Å²) in [5, 5.41) is 4.74. The summed E-state index contributed by atoms with van der Waals surface area (Å²) in [7, 11) is 1.30. The first-order valence-corrected chi connectivity index (χ1v) is 8.48. The Kier molecular flexibility index (Phi) is 4.90. The molecule has 6 heteroatoms. The number of methoxy groups -OCH3 is 1. The molecule has 0 aliphatic heterocycles. The van der Waals surface area contributed by atoms with Crippen LogP contribution >= 0.6 is 11.3 Å². The molecule has 0 fully saturated rings. The Morgan fingerprint density at radius 2 is 1.84 bits per heavy atom. The highest BCUT2D eigenvalue weighted by Gasteiger charge is 2.16. The van der Waals surface area contributed by atoms with Gasteiger partial charge in [0, 0.05) is 0 Å². The van der Waals surface area contributed by atoms with Gasteiger partial charge in [-0.05, 0) is 42.6 Å². The third kappa shape index (κ3) is 3.59. The lowest BCUT2D eigenvalue weighted by Crippen LogP contribution is -2.17. The van der Waals surface area contributed by atoms with E-state index >= 15 is 0 Å². The fourth-order valence-electron chi connectivity index (χ4n) is 2.43. The number of thiophene rings is 1. The molecule has 0 saturated carbocycles. The van der Waals surface area contributed by atoms with Crippen LogP contribution < -0.4 is 5.32 Å². The van der Waals surface area contributed by atoms with Gasteiger partial charge in [-0.15, -0.1) is 11.3 Å². The zero-order chi connectivity index (χ0) is 17.8. The van der Waals surface area contributed by atoms with E-state index in [9.17, 15) is 9.59 Å². The number of hydrogen-bond acceptors (Lipinski definition) is 5. The van der Waals surface area contributed by atoms with Crippen LogP contribution in [0, 0.1) is 6.92 Å². The van der Waals surface area contributed by atoms with Crippen molar-refractivity contribution in [2.75, 3.05) is 12.4 Å². The summed E-state index contributed by atoms with van der Waals surface area (Å²) < 4.78 is 4.74. The van der Waals surface area contributed by atoms with Crippen LogP contribution in [0.3, 0.4) is 0 Å². The molecule has 1 aromatic carbocycles. The van der Waals surface area contributed by atoms with Crippen molar-refractivity contribution < 1.29 is 14.3 Å². The van der Waals surface area contributed by atoms with E-state index in [4.69, 9.17) is 4.74 Å². The van der Waals surface area contributed by atoms with Gasteiger partial charge in [0.15, 0.2) is 0 Å². The number of para-hydroxylation sites is 1. The van der Waals surface area contributed by atoms with E-state index in [0.717, 1.165) is 10.6 Å². The molecule has 1 amide bonds. The van der Waals surface area contributed by atoms with E-state index in [0.29, 0.717) is 22.5 Å². The SMILES string of the molecule is COC(=O)c1ccccc1NC(=O)c1ccc(-c2cccs2)nc1C. The predicted molar refractivity (Wildman–Crippen MR) is 98.0 cm³/mol. The molecular weight excluding hydrogens is 336 g/mol. The molecule has 0 aliphatic rings. The lowest BCUT2D eigenvalue weighted by atomic mass is 10.1. The maximum absolute atomic E-state index is 12.6. The van der Waals surface area contributed by atoms with Gasteiger partial charge in [0.1, 0.15) is 0 Å². The van der Waals surface area contributed by atoms with Crippen molar-refractivity contribution in [1.29, 1.82) is 0 Å². The summed E-state index contributed by atoms with van der Waals surface area (Å²) in [6.45, 7) is 1.79. The Balaban J connectivity index is 1.86. The number of benzene rings is 1. The van der Waals surface area contributed by atoms with Crippen LogP contribution in [0.5, 0.6) is 0 Å². The average Bonchev–Trinajstić information content (AvgIpc) is 3.16. The molecule has 0 unspecified atom stereocenters. The lowest BCUT2D eigenvalue weighted by Gasteiger charge is -2.11. The van der Waals surface area contributed by atoms with Crippen molar-refractivity contribution in [2.24, 2.45) is 0 Å². The van der Waals surface area contributed by atoms with Crippen LogP contribution in [0.4, 0.5) is 5.69 Å². The van der Waals surface area contributed by atoms with Crippen LogP contribution in [0.25, 0.3) is 10.6 Å². The maximum Gasteiger partial charge on any atom is 0.339 e. The van der Waals surface area contributed by atoms with Crippen molar-refractivity contribution in [3.05, 3.63) is 70.7 Å². The zero-order valence-corrected chi connectivity index (χ0v) is 14.6. The molecule has 1 N–H and O–H groups in total. The smallest absolute Gasteiger partial charge is 0.339 e. The first-order valence-electron chi connectivity index (χ1n) is 7.60. The summed E-state index contributed by atoms with van der Waals surface area (Å²) in [4.78, 5) is 30.0. The van der Waals surface area contributed by atoms with Crippen LogP contribution in [0.1, 0.15) is 26.4 Å². The molecular formula is C19H16N2O3S. The Hall–Kier alpha value is -2.99. The first kappa shape index (κ1) is 16.9. The Bertz CT molecular complexity index is 920. The fraction of sp³-hybridized carbons (Fsp3) is 0.105. The largest absolute Gasteiger partial charge is 0.465 e. The number of nitrogens with zero attached hydrogens (tertiary/aromatic N) is 1. The third-order valence-electron chi connectivity index (χ3n) is 3.68. The zero-order valence-electron chi connectivity index (χ0n) is 13.8. The number of pyridine rings is 1. The maximum atomic E-state index is 12.6. The van der Waals surface area contributed by atoms with Crippen molar-refractivity contribution in [3.63, 3.8) is 0 Å². The van der Waals surface area contributed by atoms with Gasteiger partial charge in [-0.1, -0.05) is 18.2 Å². The van der Waals surface area contributed by atoms with Crippen molar-refractivity contribution in [3.8, 4) is 10.6 Å². The number of amides is 1. The normalized spacial score (nSPS) is 10.3. The number of carbonyl (C=O) groups is 2. The number of rotatable bonds is 4. The van der Waals surface area contributed by atoms with Crippen molar-refractivity contribution in [2.45, 2.75) is 6.92 Å². The number of carbonyl (C=O) groups excluding carboxylic acids is 2. The van der Waals surface area contributed by atoms with Gasteiger partial charge < -0.3 is 10.1 Å². The predicted octanol–water partition coefficient (Wildman–Crippen LogP) is 4.16. The summed E-state index contributed by atoms with van der Waals surface area (Å²) >= 11 is 1.59. The quantitative estimate of drug-likeness (QED) is 0.716. The van der Waals surface area contributed by atoms with Gasteiger partial charge in [0.05, 0.1) is 40.2 Å². The van der Waals surface area contributed by atoms with Gasteiger partial charge in [-0.25, -0.2) is 4.79 Å². The highest BCUT2D eigenvalue weighted by atomic mass is 32.1. The Labute approximate surface area is 149 Å². The van der Waals surface area contributed by atoms with Gasteiger partial charge >= 0.3 is 5.97 Å². The van der Waals surface area contributed by atoms with Crippen molar-refractivity contribution in [1.82, 2.24) is 4.98 Å². The van der Waals surface area contributed by atoms with Gasteiger partial charge in [0.25, 0.3) is 5.91 Å². The second kappa shape index (κ2) is 7.27. The molecule has 2 aromatic heterocycles. The Morgan fingerprint density at radius 3 is 2.52 bits per heavy atom. The number of nitrogens with one attached hydrogen (secondary N) is 1. The molecule has 0 radical (unpaired) electrons. The first-order chi connectivity index (χ1) is 12.1. The molecule has 0 bridgehead atoms. The fourth-order valence-corrected chi connectivity index (χ4v) is 3.13. The third-order valence-corrected chi connectivity index (χ3v) is 4.58.